The maximum atomic E-state index is 12.1. The molecule has 5 nitrogen and oxygen atoms in total. The van der Waals surface area contributed by atoms with Crippen molar-refractivity contribution in [3.05, 3.63) is 64.1 Å². The molecule has 0 atom stereocenters. The molecular formula is C15H12N2O3. The number of para-hydroxylation sites is 1. The van der Waals surface area contributed by atoms with Crippen LogP contribution in [-0.2, 0) is 6.42 Å². The molecule has 0 saturated heterocycles. The largest absolute Gasteiger partial charge is 0.469 e. The second kappa shape index (κ2) is 4.77. The summed E-state index contributed by atoms with van der Waals surface area (Å²) in [4.78, 5) is 31.0. The zero-order valence-corrected chi connectivity index (χ0v) is 10.8. The van der Waals surface area contributed by atoms with E-state index in [9.17, 15) is 9.59 Å². The third-order valence-corrected chi connectivity index (χ3v) is 3.15. The van der Waals surface area contributed by atoms with Gasteiger partial charge in [-0.15, -0.1) is 0 Å². The van der Waals surface area contributed by atoms with Crippen LogP contribution < -0.4 is 5.56 Å². The molecule has 2 heterocycles. The van der Waals surface area contributed by atoms with Crippen LogP contribution in [0.2, 0.25) is 0 Å². The van der Waals surface area contributed by atoms with E-state index in [1.165, 1.54) is 6.26 Å². The number of H-pyrrole nitrogens is 1. The lowest BCUT2D eigenvalue weighted by Crippen LogP contribution is -2.15. The Kier molecular flexibility index (Phi) is 2.95. The lowest BCUT2D eigenvalue weighted by Gasteiger charge is -2.02. The van der Waals surface area contributed by atoms with E-state index >= 15 is 0 Å². The van der Waals surface area contributed by atoms with E-state index in [4.69, 9.17) is 4.42 Å². The Morgan fingerprint density at radius 1 is 1.30 bits per heavy atom. The van der Waals surface area contributed by atoms with E-state index in [2.05, 4.69) is 9.97 Å². The highest BCUT2D eigenvalue weighted by Crippen LogP contribution is 2.12. The van der Waals surface area contributed by atoms with Crippen molar-refractivity contribution in [2.24, 2.45) is 0 Å². The fourth-order valence-electron chi connectivity index (χ4n) is 2.14. The lowest BCUT2D eigenvalue weighted by atomic mass is 10.1. The van der Waals surface area contributed by atoms with Gasteiger partial charge in [0.05, 0.1) is 29.2 Å². The van der Waals surface area contributed by atoms with Gasteiger partial charge in [-0.25, -0.2) is 4.98 Å². The standard InChI is InChI=1S/C15H12N2O3/c1-9-10(6-7-20-9)13(18)8-14-16-12-5-3-2-4-11(12)15(19)17-14/h2-7H,8H2,1H3,(H,16,17,19). The SMILES string of the molecule is Cc1occc1C(=O)Cc1nc2ccccc2c(=O)[nH]1. The number of rotatable bonds is 3. The first-order chi connectivity index (χ1) is 9.65. The fourth-order valence-corrected chi connectivity index (χ4v) is 2.14. The Bertz CT molecular complexity index is 845. The number of aromatic nitrogens is 2. The molecule has 0 aliphatic carbocycles. The molecule has 5 heteroatoms. The van der Waals surface area contributed by atoms with Crippen LogP contribution in [0.4, 0.5) is 0 Å². The lowest BCUT2D eigenvalue weighted by molar-refractivity contribution is 0.0989. The van der Waals surface area contributed by atoms with E-state index in [1.807, 2.05) is 0 Å². The molecule has 0 spiro atoms. The van der Waals surface area contributed by atoms with Crippen molar-refractivity contribution in [3.8, 4) is 0 Å². The van der Waals surface area contributed by atoms with Crippen LogP contribution in [-0.4, -0.2) is 15.8 Å². The van der Waals surface area contributed by atoms with Gasteiger partial charge in [-0.1, -0.05) is 12.1 Å². The van der Waals surface area contributed by atoms with Crippen molar-refractivity contribution in [1.82, 2.24) is 9.97 Å². The van der Waals surface area contributed by atoms with E-state index in [-0.39, 0.29) is 17.8 Å². The quantitative estimate of drug-likeness (QED) is 0.739. The Labute approximate surface area is 114 Å². The van der Waals surface area contributed by atoms with Crippen LogP contribution >= 0.6 is 0 Å². The predicted octanol–water partition coefficient (Wildman–Crippen LogP) is 2.25. The Morgan fingerprint density at radius 3 is 2.85 bits per heavy atom. The van der Waals surface area contributed by atoms with Gasteiger partial charge in [0.1, 0.15) is 11.6 Å². The predicted molar refractivity (Wildman–Crippen MR) is 73.8 cm³/mol. The second-order valence-corrected chi connectivity index (χ2v) is 4.52. The van der Waals surface area contributed by atoms with E-state index in [0.29, 0.717) is 28.1 Å². The summed E-state index contributed by atoms with van der Waals surface area (Å²) in [5.74, 6) is 0.798. The number of hydrogen-bond acceptors (Lipinski definition) is 4. The molecule has 0 aliphatic heterocycles. The van der Waals surface area contributed by atoms with Gasteiger partial charge in [0.15, 0.2) is 5.78 Å². The summed E-state index contributed by atoms with van der Waals surface area (Å²) in [7, 11) is 0. The van der Waals surface area contributed by atoms with Crippen LogP contribution in [0.5, 0.6) is 0 Å². The minimum atomic E-state index is -0.234. The van der Waals surface area contributed by atoms with E-state index in [0.717, 1.165) is 0 Å². The van der Waals surface area contributed by atoms with Gasteiger partial charge in [-0.3, -0.25) is 9.59 Å². The molecule has 0 radical (unpaired) electrons. The number of furan rings is 1. The number of ketones is 1. The molecular weight excluding hydrogens is 256 g/mol. The average Bonchev–Trinajstić information content (AvgIpc) is 2.85. The number of fused-ring (bicyclic) bond motifs is 1. The molecule has 0 bridgehead atoms. The number of benzene rings is 1. The molecule has 3 aromatic rings. The third kappa shape index (κ3) is 2.14. The maximum absolute atomic E-state index is 12.1. The molecule has 0 unspecified atom stereocenters. The van der Waals surface area contributed by atoms with Crippen molar-refractivity contribution in [3.63, 3.8) is 0 Å². The molecule has 0 aliphatic rings. The molecule has 0 fully saturated rings. The number of nitrogens with one attached hydrogen (secondary N) is 1. The summed E-state index contributed by atoms with van der Waals surface area (Å²) in [5.41, 5.74) is 0.867. The first-order valence-corrected chi connectivity index (χ1v) is 6.20. The number of carbonyl (C=O) groups excluding carboxylic acids is 1. The highest BCUT2D eigenvalue weighted by Gasteiger charge is 2.14. The van der Waals surface area contributed by atoms with Crippen LogP contribution in [0, 0.1) is 6.92 Å². The van der Waals surface area contributed by atoms with Gasteiger partial charge in [0, 0.05) is 0 Å². The Morgan fingerprint density at radius 2 is 2.10 bits per heavy atom. The molecule has 1 N–H and O–H groups in total. The van der Waals surface area contributed by atoms with Gasteiger partial charge < -0.3 is 9.40 Å². The van der Waals surface area contributed by atoms with Crippen molar-refractivity contribution in [1.29, 1.82) is 0 Å². The van der Waals surface area contributed by atoms with Crippen LogP contribution in [0.3, 0.4) is 0 Å². The summed E-state index contributed by atoms with van der Waals surface area (Å²) in [6.07, 6.45) is 1.51. The van der Waals surface area contributed by atoms with Crippen molar-refractivity contribution < 1.29 is 9.21 Å². The molecule has 100 valence electrons. The molecule has 0 saturated carbocycles. The summed E-state index contributed by atoms with van der Waals surface area (Å²) < 4.78 is 5.10. The molecule has 0 amide bonds. The van der Waals surface area contributed by atoms with Crippen molar-refractivity contribution >= 4 is 16.7 Å². The van der Waals surface area contributed by atoms with Crippen molar-refractivity contribution in [2.45, 2.75) is 13.3 Å². The van der Waals surface area contributed by atoms with Gasteiger partial charge in [0.2, 0.25) is 0 Å². The van der Waals surface area contributed by atoms with Gasteiger partial charge in [-0.2, -0.15) is 0 Å². The summed E-state index contributed by atoms with van der Waals surface area (Å²) in [5, 5.41) is 0.517. The van der Waals surface area contributed by atoms with Gasteiger partial charge in [0.25, 0.3) is 5.56 Å². The fraction of sp³-hybridized carbons (Fsp3) is 0.133. The number of hydrogen-bond donors (Lipinski definition) is 1. The highest BCUT2D eigenvalue weighted by molar-refractivity contribution is 5.98. The smallest absolute Gasteiger partial charge is 0.258 e. The first kappa shape index (κ1) is 12.3. The number of Topliss-reactive ketones (excluding diaryl/α,β-unsaturated/α-hetero) is 1. The molecule has 1 aromatic carbocycles. The van der Waals surface area contributed by atoms with Gasteiger partial charge in [-0.05, 0) is 25.1 Å². The maximum Gasteiger partial charge on any atom is 0.258 e. The number of aromatic amines is 1. The normalized spacial score (nSPS) is 10.8. The number of nitrogens with zero attached hydrogens (tertiary/aromatic N) is 1. The Balaban J connectivity index is 1.98. The second-order valence-electron chi connectivity index (χ2n) is 4.52. The van der Waals surface area contributed by atoms with E-state index in [1.54, 1.807) is 37.3 Å². The van der Waals surface area contributed by atoms with E-state index < -0.39 is 0 Å². The monoisotopic (exact) mass is 268 g/mol. The molecule has 2 aromatic heterocycles. The zero-order chi connectivity index (χ0) is 14.1. The van der Waals surface area contributed by atoms with Crippen LogP contribution in [0.1, 0.15) is 21.9 Å². The average molecular weight is 268 g/mol. The minimum Gasteiger partial charge on any atom is -0.469 e. The molecule has 20 heavy (non-hydrogen) atoms. The summed E-state index contributed by atoms with van der Waals surface area (Å²) in [6, 6.07) is 8.66. The number of carbonyl (C=O) groups is 1. The van der Waals surface area contributed by atoms with Crippen molar-refractivity contribution in [2.75, 3.05) is 0 Å². The third-order valence-electron chi connectivity index (χ3n) is 3.15. The highest BCUT2D eigenvalue weighted by atomic mass is 16.3. The van der Waals surface area contributed by atoms with Crippen LogP contribution in [0.15, 0.2) is 45.8 Å². The Hall–Kier alpha value is -2.69. The number of aryl methyl sites for hydroxylation is 1. The topological polar surface area (TPSA) is 76.0 Å². The molecule has 3 rings (SSSR count). The van der Waals surface area contributed by atoms with Crippen LogP contribution in [0.25, 0.3) is 10.9 Å². The summed E-state index contributed by atoms with van der Waals surface area (Å²) in [6.45, 7) is 1.73. The summed E-state index contributed by atoms with van der Waals surface area (Å²) >= 11 is 0. The zero-order valence-electron chi connectivity index (χ0n) is 10.8. The minimum absolute atomic E-state index is 0.0421. The van der Waals surface area contributed by atoms with Gasteiger partial charge >= 0.3 is 0 Å². The first-order valence-electron chi connectivity index (χ1n) is 6.20.